The number of nitrogens with one attached hydrogen (secondary N) is 2. The molecule has 2 aromatic heterocycles. The number of halogens is 2. The summed E-state index contributed by atoms with van der Waals surface area (Å²) in [5, 5.41) is 4.80. The fraction of sp³-hybridized carbons (Fsp3) is 0.475. The van der Waals surface area contributed by atoms with E-state index in [1.165, 1.54) is 21.5 Å². The normalized spacial score (nSPS) is 22.5. The number of hydrogen-bond donors (Lipinski definition) is 4. The predicted octanol–water partition coefficient (Wildman–Crippen LogP) is 1.08. The number of imide groups is 1. The first-order valence-electron chi connectivity index (χ1n) is 19.6. The van der Waals surface area contributed by atoms with Gasteiger partial charge in [0, 0.05) is 77.9 Å². The first-order valence-corrected chi connectivity index (χ1v) is 19.6. The van der Waals surface area contributed by atoms with Gasteiger partial charge in [-0.15, -0.1) is 0 Å². The molecule has 1 atom stereocenters. The summed E-state index contributed by atoms with van der Waals surface area (Å²) >= 11 is 0. The third-order valence-corrected chi connectivity index (χ3v) is 11.2. The number of rotatable bonds is 11. The van der Waals surface area contributed by atoms with Crippen molar-refractivity contribution in [2.45, 2.75) is 57.0 Å². The second-order valence-corrected chi connectivity index (χ2v) is 15.1. The molecule has 4 aliphatic rings. The molecule has 4 fully saturated rings. The highest BCUT2D eigenvalue weighted by atomic mass is 19.3. The van der Waals surface area contributed by atoms with Gasteiger partial charge >= 0.3 is 5.69 Å². The number of imidazole rings is 1. The minimum atomic E-state index is -3.00. The Morgan fingerprint density at radius 1 is 1.05 bits per heavy atom. The molecule has 58 heavy (non-hydrogen) atoms. The molecule has 1 aromatic carbocycles. The number of alkyl halides is 2. The SMILES string of the molecule is Cn1c(=O)n(C2CCC(=O)NC2=O)c2cccc(C#CCN3CCN(CC4CCC(N=C/C(NC(=O)/C(=C/N)c5nccc(N6CC6)n5)=C(\N)C(F)F)CC4)CC3)c21. The molecule has 306 valence electrons. The second kappa shape index (κ2) is 17.7. The first-order chi connectivity index (χ1) is 28.0. The van der Waals surface area contributed by atoms with Gasteiger partial charge in [-0.05, 0) is 56.2 Å². The van der Waals surface area contributed by atoms with Gasteiger partial charge in [0.15, 0.2) is 5.82 Å². The molecule has 0 spiro atoms. The Balaban J connectivity index is 0.882. The lowest BCUT2D eigenvalue weighted by molar-refractivity contribution is -0.135. The Morgan fingerprint density at radius 2 is 1.79 bits per heavy atom. The fourth-order valence-electron chi connectivity index (χ4n) is 7.84. The molecule has 1 saturated carbocycles. The van der Waals surface area contributed by atoms with Gasteiger partial charge in [0.1, 0.15) is 17.6 Å². The average Bonchev–Trinajstić information content (AvgIpc) is 4.04. The van der Waals surface area contributed by atoms with Gasteiger partial charge in [-0.25, -0.2) is 23.5 Å². The smallest absolute Gasteiger partial charge is 0.329 e. The van der Waals surface area contributed by atoms with Crippen molar-refractivity contribution in [1.82, 2.24) is 39.5 Å². The number of fused-ring (bicyclic) bond motifs is 1. The van der Waals surface area contributed by atoms with Crippen LogP contribution in [0.5, 0.6) is 0 Å². The van der Waals surface area contributed by atoms with Gasteiger partial charge in [-0.3, -0.25) is 38.7 Å². The van der Waals surface area contributed by atoms with Crippen LogP contribution in [0.4, 0.5) is 14.6 Å². The monoisotopic (exact) mass is 798 g/mol. The zero-order valence-electron chi connectivity index (χ0n) is 32.4. The first kappa shape index (κ1) is 40.3. The number of aliphatic imine (C=N–C) groups is 1. The molecule has 16 nitrogen and oxygen atoms in total. The van der Waals surface area contributed by atoms with E-state index in [0.29, 0.717) is 34.9 Å². The van der Waals surface area contributed by atoms with E-state index in [1.807, 2.05) is 17.0 Å². The molecule has 3 saturated heterocycles. The summed E-state index contributed by atoms with van der Waals surface area (Å²) < 4.78 is 30.4. The van der Waals surface area contributed by atoms with Gasteiger partial charge < -0.3 is 26.6 Å². The van der Waals surface area contributed by atoms with Crippen LogP contribution >= 0.6 is 0 Å². The summed E-state index contributed by atoms with van der Waals surface area (Å²) in [6, 6.07) is 6.37. The number of aromatic nitrogens is 4. The van der Waals surface area contributed by atoms with Crippen molar-refractivity contribution >= 4 is 46.4 Å². The Hall–Kier alpha value is -5.93. The van der Waals surface area contributed by atoms with E-state index in [1.54, 1.807) is 19.2 Å². The fourth-order valence-corrected chi connectivity index (χ4v) is 7.84. The van der Waals surface area contributed by atoms with Crippen LogP contribution in [-0.4, -0.2) is 118 Å². The van der Waals surface area contributed by atoms with Crippen molar-refractivity contribution in [3.63, 3.8) is 0 Å². The lowest BCUT2D eigenvalue weighted by atomic mass is 9.86. The third kappa shape index (κ3) is 9.11. The highest BCUT2D eigenvalue weighted by molar-refractivity contribution is 6.19. The highest BCUT2D eigenvalue weighted by Gasteiger charge is 2.32. The van der Waals surface area contributed by atoms with Gasteiger partial charge in [-0.1, -0.05) is 17.9 Å². The van der Waals surface area contributed by atoms with Crippen LogP contribution in [0.25, 0.3) is 16.6 Å². The quantitative estimate of drug-likeness (QED) is 0.0712. The maximum absolute atomic E-state index is 13.7. The summed E-state index contributed by atoms with van der Waals surface area (Å²) in [5.41, 5.74) is 12.0. The summed E-state index contributed by atoms with van der Waals surface area (Å²) in [6.45, 7) is 6.78. The van der Waals surface area contributed by atoms with Crippen molar-refractivity contribution in [2.24, 2.45) is 29.4 Å². The Labute approximate surface area is 334 Å². The number of para-hydroxylation sites is 1. The molecule has 3 aromatic rings. The standard InChI is InChI=1S/C40H48F2N12O4/c1-50-35-26(4-2-6-30(35)54(40(50)58)31-11-12-33(55)49-39(31)57)5-3-15-51-16-18-52(19-17-51)24-25-7-9-27(10-8-25)46-23-29(34(44)36(41)42)47-38(56)28(22-43)37-45-14-13-32(48-37)53-20-21-53/h2,4,6,13-14,22-23,25,27,31,36H,7-12,15-21,24,43-44H2,1H3,(H,47,56)(H,49,55,57)/b28-22+,34-29+,46-23?. The number of benzene rings is 1. The molecular weight excluding hydrogens is 751 g/mol. The number of anilines is 1. The number of carbonyl (C=O) groups is 3. The molecule has 6 N–H and O–H groups in total. The van der Waals surface area contributed by atoms with E-state index >= 15 is 0 Å². The summed E-state index contributed by atoms with van der Waals surface area (Å²) in [7, 11) is 1.67. The maximum atomic E-state index is 13.7. The van der Waals surface area contributed by atoms with E-state index in [0.717, 1.165) is 77.7 Å². The van der Waals surface area contributed by atoms with Gasteiger partial charge in [0.25, 0.3) is 12.3 Å². The van der Waals surface area contributed by atoms with Crippen LogP contribution in [0, 0.1) is 17.8 Å². The maximum Gasteiger partial charge on any atom is 0.329 e. The lowest BCUT2D eigenvalue weighted by Crippen LogP contribution is -2.48. The predicted molar refractivity (Wildman–Crippen MR) is 214 cm³/mol. The van der Waals surface area contributed by atoms with Crippen LogP contribution in [0.2, 0.25) is 0 Å². The number of piperidine rings is 1. The largest absolute Gasteiger partial charge is 0.404 e. The Kier molecular flexibility index (Phi) is 12.3. The number of allylic oxidation sites excluding steroid dienone is 2. The molecule has 1 aliphatic carbocycles. The molecular formula is C40H48F2N12O4. The van der Waals surface area contributed by atoms with Crippen LogP contribution in [-0.2, 0) is 21.4 Å². The number of amides is 3. The van der Waals surface area contributed by atoms with Crippen molar-refractivity contribution in [1.29, 1.82) is 0 Å². The second-order valence-electron chi connectivity index (χ2n) is 15.1. The molecule has 7 rings (SSSR count). The molecule has 18 heteroatoms. The zero-order valence-corrected chi connectivity index (χ0v) is 32.4. The lowest BCUT2D eigenvalue weighted by Gasteiger charge is -2.37. The Bertz CT molecular complexity index is 2270. The molecule has 0 bridgehead atoms. The minimum Gasteiger partial charge on any atom is -0.404 e. The van der Waals surface area contributed by atoms with E-state index in [4.69, 9.17) is 11.5 Å². The van der Waals surface area contributed by atoms with Crippen molar-refractivity contribution in [3.8, 4) is 11.8 Å². The van der Waals surface area contributed by atoms with Crippen LogP contribution < -0.4 is 32.7 Å². The molecule has 5 heterocycles. The highest BCUT2D eigenvalue weighted by Crippen LogP contribution is 2.28. The van der Waals surface area contributed by atoms with Crippen LogP contribution in [0.15, 0.2) is 57.8 Å². The van der Waals surface area contributed by atoms with E-state index in [2.05, 4.69) is 47.2 Å². The molecule has 3 amide bonds. The van der Waals surface area contributed by atoms with Crippen molar-refractivity contribution in [2.75, 3.05) is 57.3 Å². The molecule has 0 radical (unpaired) electrons. The third-order valence-electron chi connectivity index (χ3n) is 11.2. The summed E-state index contributed by atoms with van der Waals surface area (Å²) in [6.07, 6.45) is 4.67. The minimum absolute atomic E-state index is 0.0747. The number of aryl methyl sites for hydroxylation is 1. The van der Waals surface area contributed by atoms with Gasteiger partial charge in [-0.2, -0.15) is 0 Å². The topological polar surface area (TPSA) is 202 Å². The summed E-state index contributed by atoms with van der Waals surface area (Å²) in [5.74, 6) is 6.17. The number of hydrogen-bond acceptors (Lipinski definition) is 12. The molecule has 1 unspecified atom stereocenters. The van der Waals surface area contributed by atoms with Crippen LogP contribution in [0.3, 0.4) is 0 Å². The van der Waals surface area contributed by atoms with E-state index < -0.39 is 30.0 Å². The number of carbonyl (C=O) groups excluding carboxylic acids is 3. The number of piperazine rings is 1. The van der Waals surface area contributed by atoms with Gasteiger partial charge in [0.2, 0.25) is 11.8 Å². The zero-order chi connectivity index (χ0) is 40.9. The Morgan fingerprint density at radius 3 is 2.48 bits per heavy atom. The van der Waals surface area contributed by atoms with Crippen LogP contribution in [0.1, 0.15) is 56.0 Å². The number of nitrogens with zero attached hydrogens (tertiary/aromatic N) is 8. The average molecular weight is 799 g/mol. The van der Waals surface area contributed by atoms with Crippen molar-refractivity contribution < 1.29 is 23.2 Å². The van der Waals surface area contributed by atoms with E-state index in [-0.39, 0.29) is 47.6 Å². The molecule has 3 aliphatic heterocycles. The summed E-state index contributed by atoms with van der Waals surface area (Å²) in [4.78, 5) is 70.5. The van der Waals surface area contributed by atoms with Gasteiger partial charge in [0.05, 0.1) is 40.5 Å². The number of nitrogens with two attached hydrogens (primary N) is 2. The van der Waals surface area contributed by atoms with E-state index in [9.17, 15) is 28.0 Å². The van der Waals surface area contributed by atoms with Crippen molar-refractivity contribution in [3.05, 3.63) is 69.9 Å².